The van der Waals surface area contributed by atoms with Gasteiger partial charge in [-0.2, -0.15) is 0 Å². The van der Waals surface area contributed by atoms with Crippen molar-refractivity contribution in [2.24, 2.45) is 0 Å². The largest absolute Gasteiger partial charge is 0.467 e. The van der Waals surface area contributed by atoms with Crippen molar-refractivity contribution in [1.29, 1.82) is 0 Å². The molecular formula is C20H16F2N2O3. The van der Waals surface area contributed by atoms with E-state index in [1.54, 1.807) is 36.4 Å². The highest BCUT2D eigenvalue weighted by Crippen LogP contribution is 2.14. The van der Waals surface area contributed by atoms with Crippen molar-refractivity contribution < 1.29 is 22.8 Å². The number of nitrogens with one attached hydrogen (secondary N) is 1. The summed E-state index contributed by atoms with van der Waals surface area (Å²) in [5, 5.41) is 2.68. The molecule has 5 nitrogen and oxygen atoms in total. The van der Waals surface area contributed by atoms with Crippen LogP contribution in [0.5, 0.6) is 0 Å². The molecule has 3 rings (SSSR count). The maximum atomic E-state index is 13.5. The molecule has 0 aliphatic rings. The van der Waals surface area contributed by atoms with Crippen LogP contribution in [0.2, 0.25) is 0 Å². The maximum absolute atomic E-state index is 13.5. The van der Waals surface area contributed by atoms with E-state index in [0.29, 0.717) is 11.4 Å². The SMILES string of the molecule is O=C(CN(Cc1ccco1)C(=O)c1ccc(F)c(F)c1)Nc1ccccc1. The minimum atomic E-state index is -1.13. The fourth-order valence-corrected chi connectivity index (χ4v) is 2.50. The van der Waals surface area contributed by atoms with E-state index in [2.05, 4.69) is 5.32 Å². The molecule has 3 aromatic rings. The van der Waals surface area contributed by atoms with Crippen LogP contribution in [0.15, 0.2) is 71.3 Å². The molecule has 0 spiro atoms. The summed E-state index contributed by atoms with van der Waals surface area (Å²) >= 11 is 0. The number of amides is 2. The van der Waals surface area contributed by atoms with Crippen LogP contribution >= 0.6 is 0 Å². The lowest BCUT2D eigenvalue weighted by atomic mass is 10.1. The highest BCUT2D eigenvalue weighted by Gasteiger charge is 2.21. The fraction of sp³-hybridized carbons (Fsp3) is 0.100. The molecule has 0 saturated heterocycles. The number of anilines is 1. The Kier molecular flexibility index (Phi) is 5.61. The summed E-state index contributed by atoms with van der Waals surface area (Å²) in [4.78, 5) is 26.3. The van der Waals surface area contributed by atoms with Crippen LogP contribution < -0.4 is 5.32 Å². The van der Waals surface area contributed by atoms with Crippen molar-refractivity contribution in [3.05, 3.63) is 89.9 Å². The van der Waals surface area contributed by atoms with Crippen LogP contribution in [-0.2, 0) is 11.3 Å². The molecule has 27 heavy (non-hydrogen) atoms. The van der Waals surface area contributed by atoms with Crippen LogP contribution in [0, 0.1) is 11.6 Å². The van der Waals surface area contributed by atoms with Crippen LogP contribution in [0.3, 0.4) is 0 Å². The Hall–Kier alpha value is -3.48. The van der Waals surface area contributed by atoms with Crippen LogP contribution in [-0.4, -0.2) is 23.3 Å². The highest BCUT2D eigenvalue weighted by atomic mass is 19.2. The lowest BCUT2D eigenvalue weighted by molar-refractivity contribution is -0.117. The number of hydrogen-bond acceptors (Lipinski definition) is 3. The first-order chi connectivity index (χ1) is 13.0. The number of nitrogens with zero attached hydrogens (tertiary/aromatic N) is 1. The molecule has 0 aliphatic carbocycles. The second-order valence-corrected chi connectivity index (χ2v) is 5.78. The molecule has 1 N–H and O–H groups in total. The molecule has 0 atom stereocenters. The highest BCUT2D eigenvalue weighted by molar-refractivity contribution is 5.99. The molecule has 7 heteroatoms. The first kappa shape index (κ1) is 18.3. The van der Waals surface area contributed by atoms with Gasteiger partial charge in [0.05, 0.1) is 12.8 Å². The zero-order chi connectivity index (χ0) is 19.2. The lowest BCUT2D eigenvalue weighted by Gasteiger charge is -2.21. The Morgan fingerprint density at radius 2 is 1.74 bits per heavy atom. The van der Waals surface area contributed by atoms with Crippen molar-refractivity contribution in [3.8, 4) is 0 Å². The van der Waals surface area contributed by atoms with Crippen molar-refractivity contribution >= 4 is 17.5 Å². The molecule has 0 aliphatic heterocycles. The molecule has 0 fully saturated rings. The number of benzene rings is 2. The first-order valence-corrected chi connectivity index (χ1v) is 8.14. The normalized spacial score (nSPS) is 10.4. The minimum absolute atomic E-state index is 0.00698. The van der Waals surface area contributed by atoms with E-state index in [1.807, 2.05) is 6.07 Å². The number of hydrogen-bond donors (Lipinski definition) is 1. The van der Waals surface area contributed by atoms with E-state index in [9.17, 15) is 18.4 Å². The van der Waals surface area contributed by atoms with Gasteiger partial charge in [0.25, 0.3) is 5.91 Å². The van der Waals surface area contributed by atoms with Gasteiger partial charge in [0.1, 0.15) is 12.3 Å². The van der Waals surface area contributed by atoms with Gasteiger partial charge in [-0.3, -0.25) is 9.59 Å². The topological polar surface area (TPSA) is 62.6 Å². The molecule has 0 bridgehead atoms. The number of para-hydroxylation sites is 1. The first-order valence-electron chi connectivity index (χ1n) is 8.14. The molecule has 0 radical (unpaired) electrons. The van der Waals surface area contributed by atoms with Crippen LogP contribution in [0.4, 0.5) is 14.5 Å². The van der Waals surface area contributed by atoms with Gasteiger partial charge >= 0.3 is 0 Å². The van der Waals surface area contributed by atoms with Gasteiger partial charge in [-0.25, -0.2) is 8.78 Å². The van der Waals surface area contributed by atoms with E-state index in [1.165, 1.54) is 17.2 Å². The number of halogens is 2. The summed E-state index contributed by atoms with van der Waals surface area (Å²) in [5.41, 5.74) is 0.522. The third-order valence-corrected chi connectivity index (χ3v) is 3.77. The van der Waals surface area contributed by atoms with Gasteiger partial charge in [0.2, 0.25) is 5.91 Å². The standard InChI is InChI=1S/C20H16F2N2O3/c21-17-9-8-14(11-18(17)22)20(26)24(12-16-7-4-10-27-16)13-19(25)23-15-5-2-1-3-6-15/h1-11H,12-13H2,(H,23,25). The Labute approximate surface area is 154 Å². The molecule has 2 amide bonds. The van der Waals surface area contributed by atoms with Crippen LogP contribution in [0.1, 0.15) is 16.1 Å². The molecule has 1 aromatic heterocycles. The van der Waals surface area contributed by atoms with Crippen LogP contribution in [0.25, 0.3) is 0 Å². The van der Waals surface area contributed by atoms with Gasteiger partial charge in [-0.05, 0) is 42.5 Å². The third-order valence-electron chi connectivity index (χ3n) is 3.77. The molecule has 0 unspecified atom stereocenters. The van der Waals surface area contributed by atoms with E-state index >= 15 is 0 Å². The van der Waals surface area contributed by atoms with Gasteiger partial charge < -0.3 is 14.6 Å². The molecular weight excluding hydrogens is 354 g/mol. The predicted molar refractivity (Wildman–Crippen MR) is 94.9 cm³/mol. The summed E-state index contributed by atoms with van der Waals surface area (Å²) in [7, 11) is 0. The summed E-state index contributed by atoms with van der Waals surface area (Å²) in [6.45, 7) is -0.277. The van der Waals surface area contributed by atoms with Gasteiger partial charge in [0.15, 0.2) is 11.6 Å². The van der Waals surface area contributed by atoms with Gasteiger partial charge in [0, 0.05) is 11.3 Å². The van der Waals surface area contributed by atoms with Crippen molar-refractivity contribution in [3.63, 3.8) is 0 Å². The molecule has 138 valence electrons. The summed E-state index contributed by atoms with van der Waals surface area (Å²) in [6.07, 6.45) is 1.44. The smallest absolute Gasteiger partial charge is 0.254 e. The summed E-state index contributed by atoms with van der Waals surface area (Å²) in [5.74, 6) is -2.77. The average Bonchev–Trinajstić information content (AvgIpc) is 3.17. The van der Waals surface area contributed by atoms with Crippen molar-refractivity contribution in [2.45, 2.75) is 6.54 Å². The molecule has 0 saturated carbocycles. The third kappa shape index (κ3) is 4.78. The molecule has 2 aromatic carbocycles. The van der Waals surface area contributed by atoms with Crippen molar-refractivity contribution in [2.75, 3.05) is 11.9 Å². The zero-order valence-corrected chi connectivity index (χ0v) is 14.2. The van der Waals surface area contributed by atoms with Gasteiger partial charge in [-0.15, -0.1) is 0 Å². The van der Waals surface area contributed by atoms with E-state index in [4.69, 9.17) is 4.42 Å². The predicted octanol–water partition coefficient (Wildman–Crippen LogP) is 3.84. The minimum Gasteiger partial charge on any atom is -0.467 e. The fourth-order valence-electron chi connectivity index (χ4n) is 2.50. The number of carbonyl (C=O) groups is 2. The Bertz CT molecular complexity index is 928. The van der Waals surface area contributed by atoms with E-state index < -0.39 is 23.4 Å². The quantitative estimate of drug-likeness (QED) is 0.717. The number of furan rings is 1. The lowest BCUT2D eigenvalue weighted by Crippen LogP contribution is -2.37. The Morgan fingerprint density at radius 3 is 2.41 bits per heavy atom. The average molecular weight is 370 g/mol. The summed E-state index contributed by atoms with van der Waals surface area (Å²) in [6, 6.07) is 14.9. The number of carbonyl (C=O) groups excluding carboxylic acids is 2. The monoisotopic (exact) mass is 370 g/mol. The maximum Gasteiger partial charge on any atom is 0.254 e. The Balaban J connectivity index is 1.78. The van der Waals surface area contributed by atoms with E-state index in [0.717, 1.165) is 12.1 Å². The molecule has 1 heterocycles. The zero-order valence-electron chi connectivity index (χ0n) is 14.2. The van der Waals surface area contributed by atoms with E-state index in [-0.39, 0.29) is 18.7 Å². The van der Waals surface area contributed by atoms with Gasteiger partial charge in [-0.1, -0.05) is 18.2 Å². The number of rotatable bonds is 6. The second kappa shape index (κ2) is 8.27. The van der Waals surface area contributed by atoms with Crippen molar-refractivity contribution in [1.82, 2.24) is 4.90 Å². The summed E-state index contributed by atoms with van der Waals surface area (Å²) < 4.78 is 31.9. The second-order valence-electron chi connectivity index (χ2n) is 5.78. The Morgan fingerprint density at radius 1 is 0.963 bits per heavy atom.